The Kier molecular flexibility index (Phi) is 5.38. The summed E-state index contributed by atoms with van der Waals surface area (Å²) in [6.45, 7) is -0.606. The Morgan fingerprint density at radius 1 is 1.19 bits per heavy atom. The maximum atomic E-state index is 12.8. The van der Waals surface area contributed by atoms with E-state index in [2.05, 4.69) is 10.6 Å². The minimum absolute atomic E-state index is 0.0924. The molecule has 2 N–H and O–H groups in total. The average Bonchev–Trinajstić information content (AvgIpc) is 3.19. The van der Waals surface area contributed by atoms with Gasteiger partial charge >= 0.3 is 12.0 Å². The van der Waals surface area contributed by atoms with Crippen LogP contribution in [-0.4, -0.2) is 47.4 Å². The van der Waals surface area contributed by atoms with Gasteiger partial charge in [-0.3, -0.25) is 19.3 Å². The van der Waals surface area contributed by atoms with Gasteiger partial charge in [0.15, 0.2) is 6.61 Å². The van der Waals surface area contributed by atoms with E-state index in [1.54, 1.807) is 0 Å². The van der Waals surface area contributed by atoms with Crippen molar-refractivity contribution in [3.63, 3.8) is 0 Å². The molecule has 144 valence electrons. The summed E-state index contributed by atoms with van der Waals surface area (Å²) in [5.74, 6) is -2.00. The SMILES string of the molecule is O=C(COC(=O)CCN1C(=O)NC2(CCCC2)C1=O)Nc1ccc(F)cc1. The molecular weight excluding hydrogens is 357 g/mol. The summed E-state index contributed by atoms with van der Waals surface area (Å²) in [4.78, 5) is 49.0. The molecule has 4 amide bonds. The van der Waals surface area contributed by atoms with Crippen LogP contribution in [-0.2, 0) is 19.1 Å². The fourth-order valence-corrected chi connectivity index (χ4v) is 3.35. The molecule has 2 aliphatic rings. The quantitative estimate of drug-likeness (QED) is 0.578. The molecule has 0 unspecified atom stereocenters. The zero-order valence-electron chi connectivity index (χ0n) is 14.6. The molecule has 1 saturated carbocycles. The topological polar surface area (TPSA) is 105 Å². The van der Waals surface area contributed by atoms with Gasteiger partial charge in [-0.2, -0.15) is 0 Å². The summed E-state index contributed by atoms with van der Waals surface area (Å²) in [7, 11) is 0. The first-order valence-electron chi connectivity index (χ1n) is 8.75. The molecule has 2 fully saturated rings. The first kappa shape index (κ1) is 18.8. The second-order valence-electron chi connectivity index (χ2n) is 6.64. The number of carbonyl (C=O) groups excluding carboxylic acids is 4. The predicted octanol–water partition coefficient (Wildman–Crippen LogP) is 1.56. The number of urea groups is 1. The van der Waals surface area contributed by atoms with Gasteiger partial charge in [0.05, 0.1) is 6.42 Å². The van der Waals surface area contributed by atoms with Crippen LogP contribution in [0.4, 0.5) is 14.9 Å². The Hall–Kier alpha value is -2.97. The van der Waals surface area contributed by atoms with E-state index in [9.17, 15) is 23.6 Å². The lowest BCUT2D eigenvalue weighted by Crippen LogP contribution is -2.44. The Bertz CT molecular complexity index is 759. The number of rotatable bonds is 6. The maximum Gasteiger partial charge on any atom is 0.325 e. The van der Waals surface area contributed by atoms with Crippen LogP contribution in [0, 0.1) is 5.82 Å². The van der Waals surface area contributed by atoms with Crippen molar-refractivity contribution in [3.8, 4) is 0 Å². The van der Waals surface area contributed by atoms with Gasteiger partial charge in [-0.25, -0.2) is 9.18 Å². The molecule has 1 aliphatic carbocycles. The number of benzene rings is 1. The maximum absolute atomic E-state index is 12.8. The summed E-state index contributed by atoms with van der Waals surface area (Å²) in [6, 6.07) is 4.65. The summed E-state index contributed by atoms with van der Waals surface area (Å²) >= 11 is 0. The van der Waals surface area contributed by atoms with Gasteiger partial charge in [0.1, 0.15) is 11.4 Å². The van der Waals surface area contributed by atoms with Crippen LogP contribution in [0.15, 0.2) is 24.3 Å². The highest BCUT2D eigenvalue weighted by Gasteiger charge is 2.52. The highest BCUT2D eigenvalue weighted by Crippen LogP contribution is 2.35. The van der Waals surface area contributed by atoms with E-state index in [1.807, 2.05) is 0 Å². The molecule has 1 spiro atoms. The van der Waals surface area contributed by atoms with Crippen molar-refractivity contribution in [2.45, 2.75) is 37.6 Å². The van der Waals surface area contributed by atoms with Gasteiger partial charge in [-0.05, 0) is 37.1 Å². The van der Waals surface area contributed by atoms with Gasteiger partial charge in [-0.1, -0.05) is 12.8 Å². The second-order valence-corrected chi connectivity index (χ2v) is 6.64. The minimum atomic E-state index is -0.809. The zero-order chi connectivity index (χ0) is 19.4. The lowest BCUT2D eigenvalue weighted by atomic mass is 9.98. The molecular formula is C18H20FN3O5. The van der Waals surface area contributed by atoms with Crippen molar-refractivity contribution in [3.05, 3.63) is 30.1 Å². The highest BCUT2D eigenvalue weighted by molar-refractivity contribution is 6.07. The molecule has 0 radical (unpaired) electrons. The molecule has 27 heavy (non-hydrogen) atoms. The third-order valence-electron chi connectivity index (χ3n) is 4.73. The standard InChI is InChI=1S/C18H20FN3O5/c19-12-3-5-13(6-4-12)20-14(23)11-27-15(24)7-10-22-16(25)18(21-17(22)26)8-1-2-9-18/h3-6H,1-2,7-11H2,(H,20,23)(H,21,26). The van der Waals surface area contributed by atoms with Crippen LogP contribution in [0.3, 0.4) is 0 Å². The summed E-state index contributed by atoms with van der Waals surface area (Å²) in [5, 5.41) is 5.19. The summed E-state index contributed by atoms with van der Waals surface area (Å²) in [5.41, 5.74) is -0.436. The number of esters is 1. The Balaban J connectivity index is 1.42. The number of ether oxygens (including phenoxy) is 1. The molecule has 3 rings (SSSR count). The molecule has 9 heteroatoms. The molecule has 1 heterocycles. The second kappa shape index (κ2) is 7.73. The van der Waals surface area contributed by atoms with Crippen LogP contribution >= 0.6 is 0 Å². The van der Waals surface area contributed by atoms with Gasteiger partial charge in [0.2, 0.25) is 0 Å². The fourth-order valence-electron chi connectivity index (χ4n) is 3.35. The van der Waals surface area contributed by atoms with Crippen LogP contribution in [0.1, 0.15) is 32.1 Å². The van der Waals surface area contributed by atoms with Gasteiger partial charge in [0, 0.05) is 12.2 Å². The minimum Gasteiger partial charge on any atom is -0.456 e. The number of hydrogen-bond donors (Lipinski definition) is 2. The fraction of sp³-hybridized carbons (Fsp3) is 0.444. The van der Waals surface area contributed by atoms with Crippen molar-refractivity contribution in [2.24, 2.45) is 0 Å². The Morgan fingerprint density at radius 3 is 2.52 bits per heavy atom. The predicted molar refractivity (Wildman–Crippen MR) is 92.0 cm³/mol. The Labute approximate surface area is 155 Å². The first-order chi connectivity index (χ1) is 12.9. The van der Waals surface area contributed by atoms with E-state index in [4.69, 9.17) is 4.74 Å². The monoisotopic (exact) mass is 377 g/mol. The molecule has 8 nitrogen and oxygen atoms in total. The lowest BCUT2D eigenvalue weighted by Gasteiger charge is -2.19. The molecule has 1 aromatic carbocycles. The summed E-state index contributed by atoms with van der Waals surface area (Å²) < 4.78 is 17.7. The zero-order valence-corrected chi connectivity index (χ0v) is 14.6. The van der Waals surface area contributed by atoms with E-state index in [0.717, 1.165) is 17.7 Å². The molecule has 0 aromatic heterocycles. The van der Waals surface area contributed by atoms with Crippen LogP contribution in [0.2, 0.25) is 0 Å². The highest BCUT2D eigenvalue weighted by atomic mass is 19.1. The van der Waals surface area contributed by atoms with Gasteiger partial charge in [-0.15, -0.1) is 0 Å². The number of imide groups is 1. The van der Waals surface area contributed by atoms with E-state index in [0.29, 0.717) is 18.5 Å². The number of halogens is 1. The third kappa shape index (κ3) is 4.24. The first-order valence-corrected chi connectivity index (χ1v) is 8.75. The molecule has 1 aromatic rings. The van der Waals surface area contributed by atoms with Gasteiger partial charge < -0.3 is 15.4 Å². The van der Waals surface area contributed by atoms with Crippen LogP contribution in [0.25, 0.3) is 0 Å². The van der Waals surface area contributed by atoms with Crippen molar-refractivity contribution in [2.75, 3.05) is 18.5 Å². The largest absolute Gasteiger partial charge is 0.456 e. The van der Waals surface area contributed by atoms with E-state index < -0.39 is 35.9 Å². The average molecular weight is 377 g/mol. The third-order valence-corrected chi connectivity index (χ3v) is 4.73. The number of carbonyl (C=O) groups is 4. The van der Waals surface area contributed by atoms with E-state index in [-0.39, 0.29) is 18.9 Å². The lowest BCUT2D eigenvalue weighted by molar-refractivity contribution is -0.147. The smallest absolute Gasteiger partial charge is 0.325 e. The molecule has 1 saturated heterocycles. The number of hydrogen-bond acceptors (Lipinski definition) is 5. The van der Waals surface area contributed by atoms with Crippen molar-refractivity contribution >= 4 is 29.5 Å². The molecule has 1 aliphatic heterocycles. The summed E-state index contributed by atoms with van der Waals surface area (Å²) in [6.07, 6.45) is 2.79. The molecule has 0 bridgehead atoms. The Morgan fingerprint density at radius 2 is 1.85 bits per heavy atom. The normalized spacial score (nSPS) is 17.9. The van der Waals surface area contributed by atoms with E-state index >= 15 is 0 Å². The molecule has 0 atom stereocenters. The van der Waals surface area contributed by atoms with Crippen molar-refractivity contribution in [1.82, 2.24) is 10.2 Å². The number of amides is 4. The van der Waals surface area contributed by atoms with Crippen LogP contribution < -0.4 is 10.6 Å². The van der Waals surface area contributed by atoms with Crippen molar-refractivity contribution < 1.29 is 28.3 Å². The van der Waals surface area contributed by atoms with Gasteiger partial charge in [0.25, 0.3) is 11.8 Å². The van der Waals surface area contributed by atoms with Crippen molar-refractivity contribution in [1.29, 1.82) is 0 Å². The van der Waals surface area contributed by atoms with E-state index in [1.165, 1.54) is 24.3 Å². The number of nitrogens with zero attached hydrogens (tertiary/aromatic N) is 1. The number of anilines is 1. The van der Waals surface area contributed by atoms with Crippen LogP contribution in [0.5, 0.6) is 0 Å². The number of nitrogens with one attached hydrogen (secondary N) is 2.